The normalized spacial score (nSPS) is 15.8. The van der Waals surface area contributed by atoms with Gasteiger partial charge in [-0.25, -0.2) is 8.78 Å². The number of rotatable bonds is 12. The monoisotopic (exact) mass is 622 g/mol. The quantitative estimate of drug-likeness (QED) is 0.189. The van der Waals surface area contributed by atoms with Gasteiger partial charge in [0.1, 0.15) is 12.6 Å². The van der Waals surface area contributed by atoms with E-state index in [0.717, 1.165) is 4.90 Å². The smallest absolute Gasteiger partial charge is 0.313 e. The number of nitrogens with one attached hydrogen (secondary N) is 3. The SMILES string of the molecule is Cc1ccccc1NC(=O)C(=O)N(C)[C@@H](CC(C)C)C(=O)N[C@@H](C[C@@H]1CCNC1=O)C(=O)COc1c(F)c(F)cc(F)c1F. The Bertz CT molecular complexity index is 1410. The van der Waals surface area contributed by atoms with Crippen LogP contribution in [0, 0.1) is 42.0 Å². The van der Waals surface area contributed by atoms with E-state index in [1.54, 1.807) is 45.0 Å². The van der Waals surface area contributed by atoms with E-state index in [2.05, 4.69) is 16.0 Å². The summed E-state index contributed by atoms with van der Waals surface area (Å²) in [6, 6.07) is 4.04. The van der Waals surface area contributed by atoms with Crippen molar-refractivity contribution < 1.29 is 46.3 Å². The number of para-hydroxylation sites is 1. The Morgan fingerprint density at radius 3 is 2.27 bits per heavy atom. The third kappa shape index (κ3) is 8.32. The molecule has 4 amide bonds. The third-order valence-electron chi connectivity index (χ3n) is 7.19. The standard InChI is InChI=1S/C30H34F4N4O6/c1-15(2)11-22(38(4)30(43)29(42)36-20-8-6-5-7-16(20)3)28(41)37-21(12-17-9-10-35-27(17)40)23(39)14-44-26-24(33)18(31)13-19(32)25(26)34/h5-8,13,15,17,21-22H,9-12,14H2,1-4H3,(H,35,40)(H,36,42)(H,37,41)/t17-,21-,22-/m0/s1. The van der Waals surface area contributed by atoms with Gasteiger partial charge in [0.05, 0.1) is 6.04 Å². The molecular weight excluding hydrogens is 588 g/mol. The molecule has 44 heavy (non-hydrogen) atoms. The number of hydrogen-bond acceptors (Lipinski definition) is 6. The van der Waals surface area contributed by atoms with Crippen molar-refractivity contribution in [3.8, 4) is 5.75 Å². The molecule has 1 saturated heterocycles. The van der Waals surface area contributed by atoms with E-state index in [0.29, 0.717) is 24.2 Å². The predicted molar refractivity (Wildman–Crippen MR) is 150 cm³/mol. The van der Waals surface area contributed by atoms with Crippen LogP contribution in [0.1, 0.15) is 38.7 Å². The second-order valence-corrected chi connectivity index (χ2v) is 11.0. The first-order valence-corrected chi connectivity index (χ1v) is 13.9. The number of anilines is 1. The van der Waals surface area contributed by atoms with E-state index < -0.39 is 77.1 Å². The number of ketones is 1. The number of carbonyl (C=O) groups excluding carboxylic acids is 5. The molecule has 0 radical (unpaired) electrons. The summed E-state index contributed by atoms with van der Waals surface area (Å²) in [7, 11) is 1.25. The van der Waals surface area contributed by atoms with Crippen LogP contribution < -0.4 is 20.7 Å². The molecule has 0 spiro atoms. The summed E-state index contributed by atoms with van der Waals surface area (Å²) in [5.41, 5.74) is 1.10. The Hall–Kier alpha value is -4.49. The summed E-state index contributed by atoms with van der Waals surface area (Å²) < 4.78 is 60.2. The number of ether oxygens (including phenoxy) is 1. The Morgan fingerprint density at radius 2 is 1.70 bits per heavy atom. The fraction of sp³-hybridized carbons (Fsp3) is 0.433. The molecule has 0 bridgehead atoms. The largest absolute Gasteiger partial charge is 0.479 e. The van der Waals surface area contributed by atoms with Crippen LogP contribution >= 0.6 is 0 Å². The average Bonchev–Trinajstić information content (AvgIpc) is 3.38. The number of Topliss-reactive ketones (excluding diaryl/α,β-unsaturated/α-hetero) is 1. The minimum absolute atomic E-state index is 0.0188. The molecule has 1 fully saturated rings. The molecule has 0 aromatic heterocycles. The Labute approximate surface area is 251 Å². The van der Waals surface area contributed by atoms with Crippen LogP contribution in [0.25, 0.3) is 0 Å². The molecular formula is C30H34F4N4O6. The number of amides is 4. The molecule has 3 N–H and O–H groups in total. The summed E-state index contributed by atoms with van der Waals surface area (Å²) in [6.45, 7) is 4.48. The average molecular weight is 623 g/mol. The second-order valence-electron chi connectivity index (χ2n) is 11.0. The van der Waals surface area contributed by atoms with Crippen LogP contribution in [0.2, 0.25) is 0 Å². The van der Waals surface area contributed by atoms with Crippen LogP contribution in [0.15, 0.2) is 30.3 Å². The van der Waals surface area contributed by atoms with E-state index >= 15 is 0 Å². The Morgan fingerprint density at radius 1 is 1.07 bits per heavy atom. The molecule has 238 valence electrons. The topological polar surface area (TPSA) is 134 Å². The van der Waals surface area contributed by atoms with Crippen molar-refractivity contribution >= 4 is 35.1 Å². The van der Waals surface area contributed by atoms with Crippen molar-refractivity contribution in [3.05, 3.63) is 59.2 Å². The lowest BCUT2D eigenvalue weighted by Gasteiger charge is -2.30. The molecule has 0 aliphatic carbocycles. The zero-order valence-corrected chi connectivity index (χ0v) is 24.6. The first-order chi connectivity index (χ1) is 20.7. The number of halogens is 4. The predicted octanol–water partition coefficient (Wildman–Crippen LogP) is 3.02. The minimum atomic E-state index is -1.85. The highest BCUT2D eigenvalue weighted by Crippen LogP contribution is 2.27. The number of nitrogens with zero attached hydrogens (tertiary/aromatic N) is 1. The molecule has 0 unspecified atom stereocenters. The summed E-state index contributed by atoms with van der Waals surface area (Å²) >= 11 is 0. The van der Waals surface area contributed by atoms with Crippen LogP contribution in [0.3, 0.4) is 0 Å². The maximum Gasteiger partial charge on any atom is 0.313 e. The maximum absolute atomic E-state index is 14.1. The molecule has 1 aliphatic rings. The molecule has 2 aromatic rings. The summed E-state index contributed by atoms with van der Waals surface area (Å²) in [5.74, 6) is -13.7. The maximum atomic E-state index is 14.1. The minimum Gasteiger partial charge on any atom is -0.479 e. The van der Waals surface area contributed by atoms with Crippen molar-refractivity contribution in [2.75, 3.05) is 25.5 Å². The molecule has 1 heterocycles. The van der Waals surface area contributed by atoms with Crippen molar-refractivity contribution in [1.29, 1.82) is 0 Å². The zero-order chi connectivity index (χ0) is 32.7. The Kier molecular flexibility index (Phi) is 11.4. The molecule has 14 heteroatoms. The first-order valence-electron chi connectivity index (χ1n) is 13.9. The number of likely N-dealkylation sites (N-methyl/N-ethyl adjacent to an activating group) is 1. The zero-order valence-electron chi connectivity index (χ0n) is 24.6. The van der Waals surface area contributed by atoms with Gasteiger partial charge in [-0.2, -0.15) is 8.78 Å². The highest BCUT2D eigenvalue weighted by Gasteiger charge is 2.36. The fourth-order valence-corrected chi connectivity index (χ4v) is 4.69. The van der Waals surface area contributed by atoms with Crippen LogP contribution in [-0.4, -0.2) is 66.6 Å². The van der Waals surface area contributed by atoms with Gasteiger partial charge >= 0.3 is 11.8 Å². The van der Waals surface area contributed by atoms with Gasteiger partial charge in [-0.05, 0) is 43.7 Å². The van der Waals surface area contributed by atoms with Gasteiger partial charge in [-0.1, -0.05) is 32.0 Å². The van der Waals surface area contributed by atoms with E-state index in [1.165, 1.54) is 7.05 Å². The number of hydrogen-bond donors (Lipinski definition) is 3. The van der Waals surface area contributed by atoms with E-state index in [-0.39, 0.29) is 30.7 Å². The molecule has 1 aliphatic heterocycles. The van der Waals surface area contributed by atoms with Crippen LogP contribution in [0.5, 0.6) is 5.75 Å². The molecule has 10 nitrogen and oxygen atoms in total. The van der Waals surface area contributed by atoms with Crippen LogP contribution in [-0.2, 0) is 24.0 Å². The van der Waals surface area contributed by atoms with Crippen molar-refractivity contribution in [2.24, 2.45) is 11.8 Å². The van der Waals surface area contributed by atoms with Gasteiger partial charge in [-0.3, -0.25) is 24.0 Å². The first kappa shape index (κ1) is 34.0. The van der Waals surface area contributed by atoms with E-state index in [9.17, 15) is 41.5 Å². The highest BCUT2D eigenvalue weighted by molar-refractivity contribution is 6.40. The lowest BCUT2D eigenvalue weighted by atomic mass is 9.95. The van der Waals surface area contributed by atoms with Crippen molar-refractivity contribution in [2.45, 2.75) is 52.1 Å². The number of benzene rings is 2. The highest BCUT2D eigenvalue weighted by atomic mass is 19.2. The van der Waals surface area contributed by atoms with Crippen molar-refractivity contribution in [1.82, 2.24) is 15.5 Å². The van der Waals surface area contributed by atoms with Crippen LogP contribution in [0.4, 0.5) is 23.2 Å². The summed E-state index contributed by atoms with van der Waals surface area (Å²) in [4.78, 5) is 65.8. The fourth-order valence-electron chi connectivity index (χ4n) is 4.69. The van der Waals surface area contributed by atoms with Gasteiger partial charge < -0.3 is 25.6 Å². The van der Waals surface area contributed by atoms with Gasteiger partial charge in [0.2, 0.25) is 23.4 Å². The third-order valence-corrected chi connectivity index (χ3v) is 7.19. The van der Waals surface area contributed by atoms with E-state index in [4.69, 9.17) is 4.74 Å². The lowest BCUT2D eigenvalue weighted by Crippen LogP contribution is -2.55. The van der Waals surface area contributed by atoms with Gasteiger partial charge in [-0.15, -0.1) is 0 Å². The summed E-state index contributed by atoms with van der Waals surface area (Å²) in [5, 5.41) is 7.59. The molecule has 2 aromatic carbocycles. The summed E-state index contributed by atoms with van der Waals surface area (Å²) in [6.07, 6.45) is 0.165. The van der Waals surface area contributed by atoms with Gasteiger partial charge in [0.15, 0.2) is 23.2 Å². The molecule has 3 atom stereocenters. The van der Waals surface area contributed by atoms with Gasteiger partial charge in [0, 0.05) is 31.3 Å². The van der Waals surface area contributed by atoms with E-state index in [1.807, 2.05) is 0 Å². The second kappa shape index (κ2) is 14.8. The molecule has 0 saturated carbocycles. The lowest BCUT2D eigenvalue weighted by molar-refractivity contribution is -0.147. The van der Waals surface area contributed by atoms with Gasteiger partial charge in [0.25, 0.3) is 0 Å². The molecule has 3 rings (SSSR count). The van der Waals surface area contributed by atoms with Crippen molar-refractivity contribution in [3.63, 3.8) is 0 Å². The Balaban J connectivity index is 1.81. The number of aryl methyl sites for hydroxylation is 1. The number of carbonyl (C=O) groups is 5.